The average molecular weight is 374 g/mol. The first kappa shape index (κ1) is 18.4. The molecule has 0 aliphatic heterocycles. The number of nitrogens with zero attached hydrogens (tertiary/aromatic N) is 1. The highest BCUT2D eigenvalue weighted by atomic mass is 32.2. The lowest BCUT2D eigenvalue weighted by Gasteiger charge is -2.09. The molecule has 0 radical (unpaired) electrons. The molecule has 11 heteroatoms. The predicted molar refractivity (Wildman–Crippen MR) is 77.3 cm³/mol. The fraction of sp³-hybridized carbons (Fsp3) is 0.0714. The number of carboxylic acids is 1. The molecule has 1 amide bonds. The van der Waals surface area contributed by atoms with Crippen LogP contribution in [-0.4, -0.2) is 30.4 Å². The Morgan fingerprint density at radius 2 is 1.68 bits per heavy atom. The second kappa shape index (κ2) is 6.51. The van der Waals surface area contributed by atoms with Gasteiger partial charge in [-0.1, -0.05) is 0 Å². The van der Waals surface area contributed by atoms with E-state index in [-0.39, 0.29) is 5.56 Å². The third-order valence-electron chi connectivity index (χ3n) is 2.96. The molecule has 0 saturated carbocycles. The number of hydrogen-bond acceptors (Lipinski definition) is 5. The van der Waals surface area contributed by atoms with E-state index in [0.717, 1.165) is 18.3 Å². The summed E-state index contributed by atoms with van der Waals surface area (Å²) >= 11 is 0. The van der Waals surface area contributed by atoms with Crippen LogP contribution in [0.4, 0.5) is 13.2 Å². The van der Waals surface area contributed by atoms with Gasteiger partial charge in [-0.25, -0.2) is 17.9 Å². The first-order chi connectivity index (χ1) is 11.5. The maximum atomic E-state index is 12.5. The van der Waals surface area contributed by atoms with Gasteiger partial charge in [-0.05, 0) is 36.4 Å². The van der Waals surface area contributed by atoms with Crippen LogP contribution in [0.5, 0.6) is 0 Å². The monoisotopic (exact) mass is 374 g/mol. The van der Waals surface area contributed by atoms with Gasteiger partial charge in [0.15, 0.2) is 0 Å². The Morgan fingerprint density at radius 3 is 2.20 bits per heavy atom. The lowest BCUT2D eigenvalue weighted by molar-refractivity contribution is -0.137. The van der Waals surface area contributed by atoms with Gasteiger partial charge >= 0.3 is 12.1 Å². The van der Waals surface area contributed by atoms with Gasteiger partial charge in [0.1, 0.15) is 5.69 Å². The average Bonchev–Trinajstić information content (AvgIpc) is 2.54. The van der Waals surface area contributed by atoms with E-state index in [0.29, 0.717) is 24.3 Å². The molecule has 0 unspecified atom stereocenters. The Morgan fingerprint density at radius 1 is 1.08 bits per heavy atom. The number of rotatable bonds is 4. The van der Waals surface area contributed by atoms with Crippen LogP contribution in [0.25, 0.3) is 0 Å². The molecule has 0 atom stereocenters. The van der Waals surface area contributed by atoms with Crippen molar-refractivity contribution in [3.8, 4) is 0 Å². The zero-order valence-electron chi connectivity index (χ0n) is 12.1. The summed E-state index contributed by atoms with van der Waals surface area (Å²) in [6, 6.07) is 4.47. The molecular weight excluding hydrogens is 365 g/mol. The number of sulfonamides is 1. The number of alkyl halides is 3. The molecule has 0 spiro atoms. The number of aromatic nitrogens is 1. The van der Waals surface area contributed by atoms with E-state index in [9.17, 15) is 31.2 Å². The van der Waals surface area contributed by atoms with Crippen LogP contribution in [0.2, 0.25) is 0 Å². The molecule has 2 aromatic rings. The Hall–Kier alpha value is -2.95. The van der Waals surface area contributed by atoms with Crippen LogP contribution >= 0.6 is 0 Å². The summed E-state index contributed by atoms with van der Waals surface area (Å²) in [5.74, 6) is -2.56. The van der Waals surface area contributed by atoms with Crippen molar-refractivity contribution in [2.45, 2.75) is 11.1 Å². The zero-order chi connectivity index (χ0) is 18.8. The first-order valence-electron chi connectivity index (χ1n) is 6.44. The third kappa shape index (κ3) is 4.32. The van der Waals surface area contributed by atoms with Gasteiger partial charge in [-0.2, -0.15) is 13.2 Å². The molecule has 0 saturated heterocycles. The number of nitrogens with one attached hydrogen (secondary N) is 1. The SMILES string of the molecule is O=C(O)c1ccnc(C(=O)NS(=O)(=O)c2ccc(C(F)(F)F)cc2)c1. The van der Waals surface area contributed by atoms with Crippen molar-refractivity contribution < 1.29 is 36.3 Å². The highest BCUT2D eigenvalue weighted by Gasteiger charge is 2.31. The Kier molecular flexibility index (Phi) is 4.79. The molecule has 0 aliphatic carbocycles. The summed E-state index contributed by atoms with van der Waals surface area (Å²) in [5, 5.41) is 8.82. The number of carboxylic acid groups (broad SMARTS) is 1. The van der Waals surface area contributed by atoms with E-state index < -0.39 is 44.2 Å². The van der Waals surface area contributed by atoms with Crippen molar-refractivity contribution in [3.63, 3.8) is 0 Å². The van der Waals surface area contributed by atoms with Crippen LogP contribution in [0, 0.1) is 0 Å². The molecule has 1 aromatic heterocycles. The molecule has 7 nitrogen and oxygen atoms in total. The van der Waals surface area contributed by atoms with Crippen LogP contribution < -0.4 is 4.72 Å². The van der Waals surface area contributed by atoms with Gasteiger partial charge in [0.25, 0.3) is 15.9 Å². The van der Waals surface area contributed by atoms with Crippen LogP contribution in [0.3, 0.4) is 0 Å². The fourth-order valence-electron chi connectivity index (χ4n) is 1.74. The highest BCUT2D eigenvalue weighted by Crippen LogP contribution is 2.29. The predicted octanol–water partition coefficient (Wildman–Crippen LogP) is 1.92. The minimum atomic E-state index is -4.63. The van der Waals surface area contributed by atoms with Crippen molar-refractivity contribution in [2.24, 2.45) is 0 Å². The summed E-state index contributed by atoms with van der Waals surface area (Å²) in [7, 11) is -4.46. The Labute approximate surface area is 139 Å². The van der Waals surface area contributed by atoms with Gasteiger partial charge in [0.05, 0.1) is 16.0 Å². The van der Waals surface area contributed by atoms with Gasteiger partial charge in [0, 0.05) is 6.20 Å². The van der Waals surface area contributed by atoms with E-state index in [4.69, 9.17) is 5.11 Å². The van der Waals surface area contributed by atoms with E-state index >= 15 is 0 Å². The highest BCUT2D eigenvalue weighted by molar-refractivity contribution is 7.90. The molecular formula is C14H9F3N2O5S. The van der Waals surface area contributed by atoms with Gasteiger partial charge < -0.3 is 5.11 Å². The normalized spacial score (nSPS) is 11.8. The summed E-state index contributed by atoms with van der Waals surface area (Å²) in [6.07, 6.45) is -3.63. The Balaban J connectivity index is 2.25. The summed E-state index contributed by atoms with van der Waals surface area (Å²) < 4.78 is 63.1. The third-order valence-corrected chi connectivity index (χ3v) is 4.31. The largest absolute Gasteiger partial charge is 0.478 e. The van der Waals surface area contributed by atoms with Crippen molar-refractivity contribution in [1.29, 1.82) is 0 Å². The summed E-state index contributed by atoms with van der Waals surface area (Å²) in [5.41, 5.74) is -1.81. The van der Waals surface area contributed by atoms with Crippen molar-refractivity contribution in [3.05, 3.63) is 59.4 Å². The van der Waals surface area contributed by atoms with Gasteiger partial charge in [0.2, 0.25) is 0 Å². The van der Waals surface area contributed by atoms with Crippen LogP contribution in [-0.2, 0) is 16.2 Å². The summed E-state index contributed by atoms with van der Waals surface area (Å²) in [6.45, 7) is 0. The van der Waals surface area contributed by atoms with Gasteiger partial charge in [-0.15, -0.1) is 0 Å². The molecule has 0 fully saturated rings. The number of aromatic carboxylic acids is 1. The van der Waals surface area contributed by atoms with Gasteiger partial charge in [-0.3, -0.25) is 9.78 Å². The van der Waals surface area contributed by atoms with Crippen LogP contribution in [0.1, 0.15) is 26.4 Å². The first-order valence-corrected chi connectivity index (χ1v) is 7.93. The zero-order valence-corrected chi connectivity index (χ0v) is 12.9. The standard InChI is InChI=1S/C14H9F3N2O5S/c15-14(16,17)9-1-3-10(4-2-9)25(23,24)19-12(20)11-7-8(13(21)22)5-6-18-11/h1-7H,(H,19,20)(H,21,22). The molecule has 1 aromatic carbocycles. The number of hydrogen-bond donors (Lipinski definition) is 2. The molecule has 132 valence electrons. The number of carbonyl (C=O) groups excluding carboxylic acids is 1. The molecule has 2 N–H and O–H groups in total. The number of carbonyl (C=O) groups is 2. The molecule has 1 heterocycles. The maximum absolute atomic E-state index is 12.5. The molecule has 2 rings (SSSR count). The molecule has 0 aliphatic rings. The van der Waals surface area contributed by atoms with E-state index in [1.54, 1.807) is 4.72 Å². The van der Waals surface area contributed by atoms with Crippen molar-refractivity contribution >= 4 is 21.9 Å². The van der Waals surface area contributed by atoms with Crippen molar-refractivity contribution in [1.82, 2.24) is 9.71 Å². The number of benzene rings is 1. The minimum absolute atomic E-state index is 0.285. The molecule has 0 bridgehead atoms. The van der Waals surface area contributed by atoms with E-state index in [1.165, 1.54) is 0 Å². The molecule has 25 heavy (non-hydrogen) atoms. The van der Waals surface area contributed by atoms with Crippen molar-refractivity contribution in [2.75, 3.05) is 0 Å². The minimum Gasteiger partial charge on any atom is -0.478 e. The quantitative estimate of drug-likeness (QED) is 0.845. The summed E-state index contributed by atoms with van der Waals surface area (Å²) in [4.78, 5) is 25.7. The number of halogens is 3. The second-order valence-electron chi connectivity index (χ2n) is 4.69. The van der Waals surface area contributed by atoms with Crippen LogP contribution in [0.15, 0.2) is 47.5 Å². The number of pyridine rings is 1. The maximum Gasteiger partial charge on any atom is 0.416 e. The lowest BCUT2D eigenvalue weighted by Crippen LogP contribution is -2.31. The lowest BCUT2D eigenvalue weighted by atomic mass is 10.2. The Bertz CT molecular complexity index is 924. The fourth-order valence-corrected chi connectivity index (χ4v) is 2.70. The topological polar surface area (TPSA) is 113 Å². The van der Waals surface area contributed by atoms with E-state index in [2.05, 4.69) is 4.98 Å². The number of amides is 1. The van der Waals surface area contributed by atoms with E-state index in [1.807, 2.05) is 0 Å². The smallest absolute Gasteiger partial charge is 0.416 e. The second-order valence-corrected chi connectivity index (χ2v) is 6.37.